The van der Waals surface area contributed by atoms with E-state index in [0.717, 1.165) is 62.0 Å². The summed E-state index contributed by atoms with van der Waals surface area (Å²) in [7, 11) is 1.73. The van der Waals surface area contributed by atoms with Gasteiger partial charge in [-0.1, -0.05) is 0 Å². The third-order valence-corrected chi connectivity index (χ3v) is 4.99. The van der Waals surface area contributed by atoms with Crippen LogP contribution in [0.25, 0.3) is 0 Å². The van der Waals surface area contributed by atoms with Crippen molar-refractivity contribution >= 4 is 11.8 Å². The number of fused-ring (bicyclic) bond motifs is 1. The highest BCUT2D eigenvalue weighted by Gasteiger charge is 2.27. The fourth-order valence-electron chi connectivity index (χ4n) is 2.82. The van der Waals surface area contributed by atoms with Crippen LogP contribution in [0.15, 0.2) is 10.9 Å². The predicted molar refractivity (Wildman–Crippen MR) is 80.2 cm³/mol. The van der Waals surface area contributed by atoms with Crippen molar-refractivity contribution in [2.24, 2.45) is 5.92 Å². The number of hydrogen-bond acceptors (Lipinski definition) is 5. The maximum atomic E-state index is 12.1. The van der Waals surface area contributed by atoms with Gasteiger partial charge in [0.25, 0.3) is 5.56 Å². The zero-order valence-electron chi connectivity index (χ0n) is 11.9. The van der Waals surface area contributed by atoms with Crippen LogP contribution in [0, 0.1) is 5.92 Å². The number of likely N-dealkylation sites (tertiary alicyclic amines) is 1. The van der Waals surface area contributed by atoms with Crippen LogP contribution in [0.2, 0.25) is 0 Å². The topological polar surface area (TPSA) is 47.4 Å². The fraction of sp³-hybridized carbons (Fsp3) is 0.714. The fourth-order valence-corrected chi connectivity index (χ4v) is 3.78. The average molecular weight is 295 g/mol. The number of thioether (sulfide) groups is 1. The van der Waals surface area contributed by atoms with Crippen LogP contribution in [0.5, 0.6) is 0 Å². The van der Waals surface area contributed by atoms with Crippen LogP contribution in [0.4, 0.5) is 0 Å². The third-order valence-electron chi connectivity index (χ3n) is 3.98. The Bertz CT molecular complexity index is 526. The Morgan fingerprint density at radius 1 is 1.50 bits per heavy atom. The SMILES string of the molecule is COCCN1CC(Cn2nc3c(cc2=O)CSCC3)C1. The van der Waals surface area contributed by atoms with Gasteiger partial charge in [-0.25, -0.2) is 4.68 Å². The maximum Gasteiger partial charge on any atom is 0.267 e. The Labute approximate surface area is 123 Å². The van der Waals surface area contributed by atoms with Crippen molar-refractivity contribution in [3.63, 3.8) is 0 Å². The summed E-state index contributed by atoms with van der Waals surface area (Å²) in [6.07, 6.45) is 0.991. The molecule has 1 aromatic rings. The Morgan fingerprint density at radius 3 is 3.15 bits per heavy atom. The van der Waals surface area contributed by atoms with E-state index in [-0.39, 0.29) is 5.56 Å². The summed E-state index contributed by atoms with van der Waals surface area (Å²) < 4.78 is 6.75. The zero-order chi connectivity index (χ0) is 13.9. The number of rotatable bonds is 5. The van der Waals surface area contributed by atoms with Gasteiger partial charge in [0.2, 0.25) is 0 Å². The Balaban J connectivity index is 1.60. The normalized spacial score (nSPS) is 19.6. The Kier molecular flexibility index (Phi) is 4.43. The van der Waals surface area contributed by atoms with Gasteiger partial charge < -0.3 is 9.64 Å². The molecule has 5 nitrogen and oxygen atoms in total. The lowest BCUT2D eigenvalue weighted by Gasteiger charge is -2.39. The van der Waals surface area contributed by atoms with E-state index in [1.165, 1.54) is 0 Å². The quantitative estimate of drug-likeness (QED) is 0.796. The van der Waals surface area contributed by atoms with E-state index in [2.05, 4.69) is 10.00 Å². The van der Waals surface area contributed by atoms with Gasteiger partial charge in [0.05, 0.1) is 18.8 Å². The molecule has 3 heterocycles. The molecule has 20 heavy (non-hydrogen) atoms. The van der Waals surface area contributed by atoms with E-state index >= 15 is 0 Å². The van der Waals surface area contributed by atoms with Crippen molar-refractivity contribution in [3.8, 4) is 0 Å². The van der Waals surface area contributed by atoms with Gasteiger partial charge in [-0.2, -0.15) is 16.9 Å². The van der Waals surface area contributed by atoms with Gasteiger partial charge in [-0.05, 0) is 11.3 Å². The summed E-state index contributed by atoms with van der Waals surface area (Å²) >= 11 is 1.88. The van der Waals surface area contributed by atoms with Gasteiger partial charge in [0.15, 0.2) is 0 Å². The van der Waals surface area contributed by atoms with E-state index in [1.54, 1.807) is 17.9 Å². The summed E-state index contributed by atoms with van der Waals surface area (Å²) in [5.41, 5.74) is 2.32. The molecule has 0 bridgehead atoms. The molecule has 0 atom stereocenters. The van der Waals surface area contributed by atoms with Crippen molar-refractivity contribution in [2.45, 2.75) is 18.7 Å². The molecule has 2 aliphatic heterocycles. The first kappa shape index (κ1) is 14.1. The minimum absolute atomic E-state index is 0.0570. The molecule has 3 rings (SSSR count). The van der Waals surface area contributed by atoms with E-state index < -0.39 is 0 Å². The van der Waals surface area contributed by atoms with Gasteiger partial charge in [0, 0.05) is 50.9 Å². The van der Waals surface area contributed by atoms with Crippen LogP contribution in [0.3, 0.4) is 0 Å². The van der Waals surface area contributed by atoms with Crippen molar-refractivity contribution in [2.75, 3.05) is 39.1 Å². The Hall–Kier alpha value is -0.850. The van der Waals surface area contributed by atoms with Gasteiger partial charge in [0.1, 0.15) is 0 Å². The number of hydrogen-bond donors (Lipinski definition) is 0. The monoisotopic (exact) mass is 295 g/mol. The minimum atomic E-state index is 0.0570. The lowest BCUT2D eigenvalue weighted by atomic mass is 10.0. The lowest BCUT2D eigenvalue weighted by molar-refractivity contribution is 0.0540. The first-order valence-corrected chi connectivity index (χ1v) is 8.30. The highest BCUT2D eigenvalue weighted by molar-refractivity contribution is 7.98. The van der Waals surface area contributed by atoms with Gasteiger partial charge in [-0.3, -0.25) is 4.79 Å². The number of aryl methyl sites for hydroxylation is 1. The van der Waals surface area contributed by atoms with Crippen molar-refractivity contribution in [3.05, 3.63) is 27.7 Å². The molecule has 1 fully saturated rings. The molecular formula is C14H21N3O2S. The molecule has 2 aliphatic rings. The minimum Gasteiger partial charge on any atom is -0.383 e. The molecule has 1 aromatic heterocycles. The smallest absolute Gasteiger partial charge is 0.267 e. The number of ether oxygens (including phenoxy) is 1. The summed E-state index contributed by atoms with van der Waals surface area (Å²) in [6.45, 7) is 4.61. The van der Waals surface area contributed by atoms with Crippen molar-refractivity contribution in [1.82, 2.24) is 14.7 Å². The molecule has 0 saturated carbocycles. The molecule has 1 saturated heterocycles. The zero-order valence-corrected chi connectivity index (χ0v) is 12.7. The number of nitrogens with zero attached hydrogens (tertiary/aromatic N) is 3. The summed E-state index contributed by atoms with van der Waals surface area (Å²) in [5, 5.41) is 4.57. The number of methoxy groups -OCH3 is 1. The molecule has 6 heteroatoms. The first-order valence-electron chi connectivity index (χ1n) is 7.15. The number of aromatic nitrogens is 2. The third kappa shape index (κ3) is 3.07. The second-order valence-electron chi connectivity index (χ2n) is 5.56. The van der Waals surface area contributed by atoms with Crippen LogP contribution >= 0.6 is 11.8 Å². The first-order chi connectivity index (χ1) is 9.76. The second-order valence-corrected chi connectivity index (χ2v) is 6.66. The molecule has 0 unspecified atom stereocenters. The van der Waals surface area contributed by atoms with Crippen molar-refractivity contribution in [1.29, 1.82) is 0 Å². The molecule has 0 aliphatic carbocycles. The molecule has 0 radical (unpaired) electrons. The highest BCUT2D eigenvalue weighted by atomic mass is 32.2. The Morgan fingerprint density at radius 2 is 2.35 bits per heavy atom. The van der Waals surface area contributed by atoms with Crippen LogP contribution in [-0.4, -0.2) is 53.8 Å². The molecule has 110 valence electrons. The summed E-state index contributed by atoms with van der Waals surface area (Å²) in [6, 6.07) is 1.79. The predicted octanol–water partition coefficient (Wildman–Crippen LogP) is 0.611. The van der Waals surface area contributed by atoms with Gasteiger partial charge >= 0.3 is 0 Å². The van der Waals surface area contributed by atoms with Gasteiger partial charge in [-0.15, -0.1) is 0 Å². The van der Waals surface area contributed by atoms with Crippen LogP contribution < -0.4 is 5.56 Å². The van der Waals surface area contributed by atoms with Crippen molar-refractivity contribution < 1.29 is 4.74 Å². The standard InChI is InChI=1S/C14H21N3O2S/c1-19-4-3-16-7-11(8-16)9-17-14(18)6-12-10-20-5-2-13(12)15-17/h6,11H,2-5,7-10H2,1H3. The molecule has 0 aromatic carbocycles. The summed E-state index contributed by atoms with van der Waals surface area (Å²) in [5.74, 6) is 2.60. The second kappa shape index (κ2) is 6.28. The maximum absolute atomic E-state index is 12.1. The average Bonchev–Trinajstić information content (AvgIpc) is 2.41. The summed E-state index contributed by atoms with van der Waals surface area (Å²) in [4.78, 5) is 14.4. The molecule has 0 amide bonds. The largest absolute Gasteiger partial charge is 0.383 e. The lowest BCUT2D eigenvalue weighted by Crippen LogP contribution is -2.50. The highest BCUT2D eigenvalue weighted by Crippen LogP contribution is 2.22. The molecular weight excluding hydrogens is 274 g/mol. The van der Waals surface area contributed by atoms with E-state index in [4.69, 9.17) is 4.74 Å². The molecule has 0 N–H and O–H groups in total. The van der Waals surface area contributed by atoms with E-state index in [1.807, 2.05) is 11.8 Å². The van der Waals surface area contributed by atoms with E-state index in [0.29, 0.717) is 5.92 Å². The van der Waals surface area contributed by atoms with E-state index in [9.17, 15) is 4.79 Å². The van der Waals surface area contributed by atoms with Crippen LogP contribution in [-0.2, 0) is 23.5 Å². The van der Waals surface area contributed by atoms with Crippen LogP contribution in [0.1, 0.15) is 11.3 Å². The molecule has 0 spiro atoms.